The Bertz CT molecular complexity index is 393. The van der Waals surface area contributed by atoms with E-state index in [4.69, 9.17) is 14.6 Å². The lowest BCUT2D eigenvalue weighted by Gasteiger charge is -2.12. The van der Waals surface area contributed by atoms with Crippen LogP contribution in [-0.4, -0.2) is 42.6 Å². The Morgan fingerprint density at radius 3 is 2.76 bits per heavy atom. The summed E-state index contributed by atoms with van der Waals surface area (Å²) in [5.74, 6) is -0.565. The molecule has 1 rings (SSSR count). The third-order valence-corrected chi connectivity index (χ3v) is 2.86. The molecular weight excluding hydrogens is 339 g/mol. The maximum Gasteiger partial charge on any atom is 0.335 e. The number of rotatable bonds is 6. The monoisotopic (exact) mass is 352 g/mol. The topological polar surface area (TPSA) is 76.0 Å². The lowest BCUT2D eigenvalue weighted by molar-refractivity contribution is 0.0323. The quantitative estimate of drug-likeness (QED) is 0.757. The number of methoxy groups -OCH3 is 1. The van der Waals surface area contributed by atoms with Gasteiger partial charge >= 0.3 is 5.97 Å². The van der Waals surface area contributed by atoms with Gasteiger partial charge in [-0.05, 0) is 40.8 Å². The number of ether oxygens (including phenoxy) is 2. The SMILES string of the molecule is COCC(O)COc1cc(C(=O)O)ccc1I. The minimum atomic E-state index is -1.01. The third kappa shape index (κ3) is 4.49. The van der Waals surface area contributed by atoms with E-state index in [1.54, 1.807) is 6.07 Å². The van der Waals surface area contributed by atoms with Crippen LogP contribution >= 0.6 is 22.6 Å². The van der Waals surface area contributed by atoms with E-state index < -0.39 is 12.1 Å². The fourth-order valence-corrected chi connectivity index (χ4v) is 1.66. The number of halogens is 1. The Morgan fingerprint density at radius 1 is 1.47 bits per heavy atom. The first-order valence-electron chi connectivity index (χ1n) is 4.87. The van der Waals surface area contributed by atoms with Crippen LogP contribution in [0.3, 0.4) is 0 Å². The Hall–Kier alpha value is -0.860. The van der Waals surface area contributed by atoms with Crippen molar-refractivity contribution < 1.29 is 24.5 Å². The lowest BCUT2D eigenvalue weighted by Crippen LogP contribution is -2.22. The standard InChI is InChI=1S/C11H13IO5/c1-16-5-8(13)6-17-10-4-7(11(14)15)2-3-9(10)12/h2-4,8,13H,5-6H2,1H3,(H,14,15). The first-order valence-corrected chi connectivity index (χ1v) is 5.95. The molecule has 1 atom stereocenters. The van der Waals surface area contributed by atoms with E-state index in [0.29, 0.717) is 5.75 Å². The second kappa shape index (κ2) is 6.77. The van der Waals surface area contributed by atoms with Gasteiger partial charge in [0.15, 0.2) is 0 Å². The van der Waals surface area contributed by atoms with Crippen LogP contribution in [0.4, 0.5) is 0 Å². The zero-order valence-corrected chi connectivity index (χ0v) is 11.4. The van der Waals surface area contributed by atoms with E-state index >= 15 is 0 Å². The average molecular weight is 352 g/mol. The maximum absolute atomic E-state index is 10.8. The van der Waals surface area contributed by atoms with Gasteiger partial charge in [-0.1, -0.05) is 0 Å². The van der Waals surface area contributed by atoms with E-state index in [0.717, 1.165) is 3.57 Å². The van der Waals surface area contributed by atoms with Crippen molar-refractivity contribution in [3.63, 3.8) is 0 Å². The number of carboxylic acid groups (broad SMARTS) is 1. The number of carboxylic acids is 1. The smallest absolute Gasteiger partial charge is 0.335 e. The molecule has 0 aliphatic rings. The van der Waals surface area contributed by atoms with Gasteiger partial charge in [-0.15, -0.1) is 0 Å². The summed E-state index contributed by atoms with van der Waals surface area (Å²) in [6.45, 7) is 0.238. The summed E-state index contributed by atoms with van der Waals surface area (Å²) in [7, 11) is 1.48. The van der Waals surface area contributed by atoms with Crippen LogP contribution in [0.2, 0.25) is 0 Å². The molecule has 0 amide bonds. The van der Waals surface area contributed by atoms with Crippen molar-refractivity contribution in [2.75, 3.05) is 20.3 Å². The molecule has 1 aromatic rings. The van der Waals surface area contributed by atoms with Crippen LogP contribution in [-0.2, 0) is 4.74 Å². The number of aromatic carboxylic acids is 1. The van der Waals surface area contributed by atoms with Gasteiger partial charge in [0.05, 0.1) is 15.7 Å². The highest BCUT2D eigenvalue weighted by molar-refractivity contribution is 14.1. The van der Waals surface area contributed by atoms with Crippen LogP contribution in [0, 0.1) is 3.57 Å². The minimum Gasteiger partial charge on any atom is -0.490 e. The summed E-state index contributed by atoms with van der Waals surface area (Å²) in [5.41, 5.74) is 0.154. The molecule has 6 heteroatoms. The molecule has 0 fully saturated rings. The Kier molecular flexibility index (Phi) is 5.66. The normalized spacial score (nSPS) is 12.2. The van der Waals surface area contributed by atoms with Crippen molar-refractivity contribution in [2.45, 2.75) is 6.10 Å². The molecule has 17 heavy (non-hydrogen) atoms. The summed E-state index contributed by atoms with van der Waals surface area (Å²) in [6.07, 6.45) is -0.732. The molecule has 0 heterocycles. The molecule has 0 saturated heterocycles. The first-order chi connectivity index (χ1) is 8.04. The molecule has 0 aromatic heterocycles. The summed E-state index contributed by atoms with van der Waals surface area (Å²) in [6, 6.07) is 4.59. The number of hydrogen-bond donors (Lipinski definition) is 2. The zero-order valence-electron chi connectivity index (χ0n) is 9.22. The summed E-state index contributed by atoms with van der Waals surface area (Å²) >= 11 is 2.04. The number of aliphatic hydroxyl groups excluding tert-OH is 1. The van der Waals surface area contributed by atoms with Gasteiger partial charge in [-0.25, -0.2) is 4.79 Å². The van der Waals surface area contributed by atoms with E-state index in [1.807, 2.05) is 22.6 Å². The fraction of sp³-hybridized carbons (Fsp3) is 0.364. The molecule has 0 saturated carbocycles. The minimum absolute atomic E-state index is 0.0624. The van der Waals surface area contributed by atoms with Gasteiger partial charge in [0, 0.05) is 7.11 Å². The van der Waals surface area contributed by atoms with Crippen molar-refractivity contribution in [3.05, 3.63) is 27.3 Å². The highest BCUT2D eigenvalue weighted by atomic mass is 127. The lowest BCUT2D eigenvalue weighted by atomic mass is 10.2. The maximum atomic E-state index is 10.8. The van der Waals surface area contributed by atoms with Gasteiger partial charge < -0.3 is 19.7 Å². The first kappa shape index (κ1) is 14.2. The van der Waals surface area contributed by atoms with E-state index in [1.165, 1.54) is 19.2 Å². The van der Waals surface area contributed by atoms with Crippen molar-refractivity contribution in [3.8, 4) is 5.75 Å². The van der Waals surface area contributed by atoms with Crippen molar-refractivity contribution in [1.82, 2.24) is 0 Å². The van der Waals surface area contributed by atoms with Crippen molar-refractivity contribution in [1.29, 1.82) is 0 Å². The van der Waals surface area contributed by atoms with E-state index in [-0.39, 0.29) is 18.8 Å². The van der Waals surface area contributed by atoms with E-state index in [9.17, 15) is 9.90 Å². The van der Waals surface area contributed by atoms with Crippen LogP contribution in [0.25, 0.3) is 0 Å². The summed E-state index contributed by atoms with van der Waals surface area (Å²) in [4.78, 5) is 10.8. The van der Waals surface area contributed by atoms with Crippen LogP contribution in [0.5, 0.6) is 5.75 Å². The van der Waals surface area contributed by atoms with Crippen LogP contribution in [0.15, 0.2) is 18.2 Å². The molecule has 0 spiro atoms. The Morgan fingerprint density at radius 2 is 2.18 bits per heavy atom. The van der Waals surface area contributed by atoms with Gasteiger partial charge in [0.2, 0.25) is 0 Å². The number of carbonyl (C=O) groups is 1. The second-order valence-corrected chi connectivity index (χ2v) is 4.53. The third-order valence-electron chi connectivity index (χ3n) is 1.97. The zero-order chi connectivity index (χ0) is 12.8. The van der Waals surface area contributed by atoms with Gasteiger partial charge in [0.1, 0.15) is 18.5 Å². The number of hydrogen-bond acceptors (Lipinski definition) is 4. The highest BCUT2D eigenvalue weighted by Gasteiger charge is 2.10. The predicted molar refractivity (Wildman–Crippen MR) is 69.5 cm³/mol. The van der Waals surface area contributed by atoms with Gasteiger partial charge in [0.25, 0.3) is 0 Å². The molecule has 5 nitrogen and oxygen atoms in total. The van der Waals surface area contributed by atoms with Crippen LogP contribution < -0.4 is 4.74 Å². The molecule has 1 aromatic carbocycles. The van der Waals surface area contributed by atoms with Crippen molar-refractivity contribution in [2.24, 2.45) is 0 Å². The number of benzene rings is 1. The largest absolute Gasteiger partial charge is 0.490 e. The van der Waals surface area contributed by atoms with Gasteiger partial charge in [-0.3, -0.25) is 0 Å². The molecule has 0 bridgehead atoms. The molecular formula is C11H13IO5. The molecule has 0 aliphatic heterocycles. The fourth-order valence-electron chi connectivity index (χ4n) is 1.17. The van der Waals surface area contributed by atoms with E-state index in [2.05, 4.69) is 0 Å². The predicted octanol–water partition coefficient (Wildman–Crippen LogP) is 1.38. The number of aliphatic hydroxyl groups is 1. The van der Waals surface area contributed by atoms with Gasteiger partial charge in [-0.2, -0.15) is 0 Å². The average Bonchev–Trinajstić information content (AvgIpc) is 2.28. The summed E-state index contributed by atoms with van der Waals surface area (Å²) < 4.78 is 10.9. The molecule has 0 radical (unpaired) electrons. The highest BCUT2D eigenvalue weighted by Crippen LogP contribution is 2.22. The van der Waals surface area contributed by atoms with Crippen molar-refractivity contribution >= 4 is 28.6 Å². The van der Waals surface area contributed by atoms with Crippen LogP contribution in [0.1, 0.15) is 10.4 Å². The molecule has 0 aliphatic carbocycles. The molecule has 1 unspecified atom stereocenters. The molecule has 94 valence electrons. The summed E-state index contributed by atoms with van der Waals surface area (Å²) in [5, 5.41) is 18.2. The Labute approximate surface area is 112 Å². The second-order valence-electron chi connectivity index (χ2n) is 3.37. The Balaban J connectivity index is 2.69. The molecule has 2 N–H and O–H groups in total.